The van der Waals surface area contributed by atoms with E-state index in [0.29, 0.717) is 5.82 Å². The van der Waals surface area contributed by atoms with Gasteiger partial charge in [-0.1, -0.05) is 48.5 Å². The summed E-state index contributed by atoms with van der Waals surface area (Å²) in [6.07, 6.45) is 0. The number of para-hydroxylation sites is 1. The largest absolute Gasteiger partial charge is 0.497 e. The summed E-state index contributed by atoms with van der Waals surface area (Å²) < 4.78 is 5.15. The Morgan fingerprint density at radius 1 is 0.931 bits per heavy atom. The summed E-state index contributed by atoms with van der Waals surface area (Å²) >= 11 is 0. The van der Waals surface area contributed by atoms with E-state index in [1.807, 2.05) is 78.9 Å². The molecule has 4 aromatic rings. The lowest BCUT2D eigenvalue weighted by Crippen LogP contribution is -2.20. The zero-order valence-electron chi connectivity index (χ0n) is 15.8. The number of tetrazole rings is 1. The Labute approximate surface area is 168 Å². The fourth-order valence-electron chi connectivity index (χ4n) is 2.95. The molecule has 144 valence electrons. The topological polar surface area (TPSA) is 81.9 Å². The lowest BCUT2D eigenvalue weighted by molar-refractivity contribution is -0.117. The van der Waals surface area contributed by atoms with E-state index in [4.69, 9.17) is 4.74 Å². The van der Waals surface area contributed by atoms with Crippen molar-refractivity contribution in [3.8, 4) is 28.3 Å². The Hall–Kier alpha value is -4.00. The summed E-state index contributed by atoms with van der Waals surface area (Å²) in [5.41, 5.74) is 3.52. The molecule has 0 saturated heterocycles. The highest BCUT2D eigenvalue weighted by molar-refractivity contribution is 5.95. The average Bonchev–Trinajstić information content (AvgIpc) is 3.23. The van der Waals surface area contributed by atoms with Crippen LogP contribution in [0.25, 0.3) is 22.5 Å². The molecular formula is C22H19N5O2. The molecule has 1 amide bonds. The van der Waals surface area contributed by atoms with Crippen LogP contribution in [0.5, 0.6) is 5.75 Å². The molecule has 0 aliphatic rings. The molecule has 0 aliphatic heterocycles. The van der Waals surface area contributed by atoms with Gasteiger partial charge in [-0.05, 0) is 41.1 Å². The molecule has 0 radical (unpaired) electrons. The highest BCUT2D eigenvalue weighted by Crippen LogP contribution is 2.27. The Morgan fingerprint density at radius 3 is 2.41 bits per heavy atom. The molecule has 4 rings (SSSR count). The maximum absolute atomic E-state index is 12.5. The second kappa shape index (κ2) is 8.35. The van der Waals surface area contributed by atoms with E-state index in [1.165, 1.54) is 4.80 Å². The van der Waals surface area contributed by atoms with Crippen LogP contribution < -0.4 is 10.1 Å². The third-order valence-corrected chi connectivity index (χ3v) is 4.37. The minimum atomic E-state index is -0.230. The van der Waals surface area contributed by atoms with Gasteiger partial charge in [0.15, 0.2) is 0 Å². The van der Waals surface area contributed by atoms with Crippen LogP contribution in [-0.4, -0.2) is 33.2 Å². The van der Waals surface area contributed by atoms with E-state index >= 15 is 0 Å². The minimum absolute atomic E-state index is 0.0354. The number of ether oxygens (including phenoxy) is 1. The third kappa shape index (κ3) is 4.30. The number of nitrogens with one attached hydrogen (secondary N) is 1. The normalized spacial score (nSPS) is 10.5. The van der Waals surface area contributed by atoms with Crippen LogP contribution in [0.3, 0.4) is 0 Å². The van der Waals surface area contributed by atoms with Crippen LogP contribution in [0.4, 0.5) is 5.69 Å². The highest BCUT2D eigenvalue weighted by Gasteiger charge is 2.12. The summed E-state index contributed by atoms with van der Waals surface area (Å²) in [6.45, 7) is -0.0354. The number of amides is 1. The van der Waals surface area contributed by atoms with Gasteiger partial charge < -0.3 is 10.1 Å². The van der Waals surface area contributed by atoms with Gasteiger partial charge in [-0.25, -0.2) is 0 Å². The number of carbonyl (C=O) groups excluding carboxylic acids is 1. The molecule has 0 atom stereocenters. The van der Waals surface area contributed by atoms with Gasteiger partial charge in [0.1, 0.15) is 12.3 Å². The second-order valence-electron chi connectivity index (χ2n) is 6.33. The quantitative estimate of drug-likeness (QED) is 0.548. The van der Waals surface area contributed by atoms with Gasteiger partial charge in [-0.15, -0.1) is 10.2 Å². The first-order chi connectivity index (χ1) is 14.2. The molecule has 0 saturated carbocycles. The van der Waals surface area contributed by atoms with Crippen LogP contribution in [0.2, 0.25) is 0 Å². The van der Waals surface area contributed by atoms with Gasteiger partial charge in [-0.2, -0.15) is 4.80 Å². The molecule has 1 aromatic heterocycles. The van der Waals surface area contributed by atoms with Crippen molar-refractivity contribution >= 4 is 11.6 Å². The molecule has 0 bridgehead atoms. The third-order valence-electron chi connectivity index (χ3n) is 4.37. The average molecular weight is 385 g/mol. The van der Waals surface area contributed by atoms with Gasteiger partial charge in [-0.3, -0.25) is 4.79 Å². The standard InChI is InChI=1S/C22H19N5O2/c1-29-18-13-11-17(12-14-18)22-24-26-27(25-22)15-21(28)23-20-10-6-5-9-19(20)16-7-3-2-4-8-16/h2-14H,15H2,1H3,(H,23,28). The maximum Gasteiger partial charge on any atom is 0.248 e. The number of hydrogen-bond acceptors (Lipinski definition) is 5. The van der Waals surface area contributed by atoms with Gasteiger partial charge in [0.05, 0.1) is 7.11 Å². The van der Waals surface area contributed by atoms with E-state index in [0.717, 1.165) is 28.1 Å². The second-order valence-corrected chi connectivity index (χ2v) is 6.33. The number of rotatable bonds is 6. The molecule has 7 heteroatoms. The number of aromatic nitrogens is 4. The zero-order valence-corrected chi connectivity index (χ0v) is 15.8. The number of nitrogens with zero attached hydrogens (tertiary/aromatic N) is 4. The van der Waals surface area contributed by atoms with Gasteiger partial charge in [0.2, 0.25) is 11.7 Å². The van der Waals surface area contributed by atoms with Crippen molar-refractivity contribution in [1.29, 1.82) is 0 Å². The summed E-state index contributed by atoms with van der Waals surface area (Å²) in [5.74, 6) is 0.967. The van der Waals surface area contributed by atoms with Gasteiger partial charge in [0.25, 0.3) is 0 Å². The van der Waals surface area contributed by atoms with Crippen LogP contribution >= 0.6 is 0 Å². The Kier molecular flexibility index (Phi) is 5.29. The first-order valence-corrected chi connectivity index (χ1v) is 9.09. The van der Waals surface area contributed by atoms with E-state index in [2.05, 4.69) is 20.7 Å². The fourth-order valence-corrected chi connectivity index (χ4v) is 2.95. The summed E-state index contributed by atoms with van der Waals surface area (Å²) in [7, 11) is 1.61. The molecule has 3 aromatic carbocycles. The Balaban J connectivity index is 1.47. The van der Waals surface area contributed by atoms with Crippen molar-refractivity contribution in [3.05, 3.63) is 78.9 Å². The predicted molar refractivity (Wildman–Crippen MR) is 110 cm³/mol. The van der Waals surface area contributed by atoms with Crippen LogP contribution in [0, 0.1) is 0 Å². The first kappa shape index (κ1) is 18.4. The zero-order chi connectivity index (χ0) is 20.1. The van der Waals surface area contributed by atoms with Crippen molar-refractivity contribution in [2.24, 2.45) is 0 Å². The maximum atomic E-state index is 12.5. The van der Waals surface area contributed by atoms with Crippen LogP contribution in [0.15, 0.2) is 78.9 Å². The van der Waals surface area contributed by atoms with Crippen molar-refractivity contribution in [1.82, 2.24) is 20.2 Å². The summed E-state index contributed by atoms with van der Waals surface area (Å²) in [5, 5.41) is 15.2. The Morgan fingerprint density at radius 2 is 1.66 bits per heavy atom. The number of hydrogen-bond donors (Lipinski definition) is 1. The first-order valence-electron chi connectivity index (χ1n) is 9.09. The molecule has 0 fully saturated rings. The Bertz CT molecular complexity index is 1110. The monoisotopic (exact) mass is 385 g/mol. The van der Waals surface area contributed by atoms with Crippen LogP contribution in [-0.2, 0) is 11.3 Å². The molecular weight excluding hydrogens is 366 g/mol. The van der Waals surface area contributed by atoms with E-state index in [1.54, 1.807) is 7.11 Å². The number of anilines is 1. The van der Waals surface area contributed by atoms with Crippen molar-refractivity contribution in [2.45, 2.75) is 6.54 Å². The van der Waals surface area contributed by atoms with Gasteiger partial charge in [0, 0.05) is 16.8 Å². The van der Waals surface area contributed by atoms with E-state index < -0.39 is 0 Å². The van der Waals surface area contributed by atoms with E-state index in [-0.39, 0.29) is 12.5 Å². The molecule has 0 unspecified atom stereocenters. The van der Waals surface area contributed by atoms with Crippen molar-refractivity contribution in [3.63, 3.8) is 0 Å². The van der Waals surface area contributed by atoms with Gasteiger partial charge >= 0.3 is 0 Å². The summed E-state index contributed by atoms with van der Waals surface area (Å²) in [4.78, 5) is 13.8. The fraction of sp³-hybridized carbons (Fsp3) is 0.0909. The molecule has 1 heterocycles. The summed E-state index contributed by atoms with van der Waals surface area (Å²) in [6, 6.07) is 24.9. The molecule has 0 spiro atoms. The predicted octanol–water partition coefficient (Wildman–Crippen LogP) is 3.65. The molecule has 29 heavy (non-hydrogen) atoms. The van der Waals surface area contributed by atoms with Crippen LogP contribution in [0.1, 0.15) is 0 Å². The molecule has 1 N–H and O–H groups in total. The van der Waals surface area contributed by atoms with E-state index in [9.17, 15) is 4.79 Å². The van der Waals surface area contributed by atoms with Crippen molar-refractivity contribution < 1.29 is 9.53 Å². The number of benzene rings is 3. The smallest absolute Gasteiger partial charge is 0.248 e. The SMILES string of the molecule is COc1ccc(-c2nnn(CC(=O)Nc3ccccc3-c3ccccc3)n2)cc1. The molecule has 0 aliphatic carbocycles. The highest BCUT2D eigenvalue weighted by atomic mass is 16.5. The molecule has 7 nitrogen and oxygen atoms in total. The number of carbonyl (C=O) groups is 1. The van der Waals surface area contributed by atoms with Crippen molar-refractivity contribution in [2.75, 3.05) is 12.4 Å². The number of methoxy groups -OCH3 is 1. The lowest BCUT2D eigenvalue weighted by atomic mass is 10.0. The minimum Gasteiger partial charge on any atom is -0.497 e. The lowest BCUT2D eigenvalue weighted by Gasteiger charge is -2.11.